The largest absolute Gasteiger partial charge is 0.388 e. The van der Waals surface area contributed by atoms with Crippen molar-refractivity contribution >= 4 is 47.1 Å². The Hall–Kier alpha value is -1.91. The Balaban J connectivity index is 0.000000185. The van der Waals surface area contributed by atoms with Crippen molar-refractivity contribution in [2.45, 2.75) is 11.8 Å². The van der Waals surface area contributed by atoms with E-state index in [1.54, 1.807) is 0 Å². The average Bonchev–Trinajstić information content (AvgIpc) is 2.89. The van der Waals surface area contributed by atoms with E-state index in [2.05, 4.69) is 17.9 Å². The van der Waals surface area contributed by atoms with Gasteiger partial charge in [0.15, 0.2) is 6.29 Å². The lowest BCUT2D eigenvalue weighted by Gasteiger charge is -2.00. The molecule has 0 amide bonds. The highest BCUT2D eigenvalue weighted by Crippen LogP contribution is 2.28. The first-order valence-electron chi connectivity index (χ1n) is 7.14. The van der Waals surface area contributed by atoms with Crippen LogP contribution in [0.3, 0.4) is 0 Å². The summed E-state index contributed by atoms with van der Waals surface area (Å²) in [5.41, 5.74) is 3.78. The zero-order chi connectivity index (χ0) is 17.0. The summed E-state index contributed by atoms with van der Waals surface area (Å²) in [6, 6.07) is 13.6. The summed E-state index contributed by atoms with van der Waals surface area (Å²) in [5.74, 6) is 0. The van der Waals surface area contributed by atoms with E-state index in [4.69, 9.17) is 11.6 Å². The molecule has 0 unspecified atom stereocenters. The van der Waals surface area contributed by atoms with Gasteiger partial charge >= 0.3 is 0 Å². The lowest BCUT2D eigenvalue weighted by atomic mass is 10.2. The van der Waals surface area contributed by atoms with Crippen LogP contribution in [-0.2, 0) is 7.05 Å². The summed E-state index contributed by atoms with van der Waals surface area (Å²) in [5, 5.41) is 4.69. The molecule has 0 atom stereocenters. The fraction of sp³-hybridized carbons (Fsp3) is 0.167. The van der Waals surface area contributed by atoms with Gasteiger partial charge in [-0.05, 0) is 48.9 Å². The SMILES string of the molecule is CNc1ccc(S)cc1.Cc1ccc2c(cc(C=O)n2C)c1Cl. The van der Waals surface area contributed by atoms with Gasteiger partial charge in [-0.25, -0.2) is 0 Å². The summed E-state index contributed by atoms with van der Waals surface area (Å²) >= 11 is 10.3. The van der Waals surface area contributed by atoms with E-state index in [-0.39, 0.29) is 0 Å². The van der Waals surface area contributed by atoms with Gasteiger partial charge in [-0.1, -0.05) is 17.7 Å². The molecule has 1 heterocycles. The maximum Gasteiger partial charge on any atom is 0.166 e. The third-order valence-corrected chi connectivity index (χ3v) is 4.47. The van der Waals surface area contributed by atoms with Gasteiger partial charge in [0.05, 0.1) is 10.7 Å². The van der Waals surface area contributed by atoms with Crippen molar-refractivity contribution in [1.82, 2.24) is 4.57 Å². The Morgan fingerprint density at radius 1 is 1.17 bits per heavy atom. The quantitative estimate of drug-likeness (QED) is 0.507. The number of nitrogens with one attached hydrogen (secondary N) is 1. The van der Waals surface area contributed by atoms with Crippen molar-refractivity contribution in [1.29, 1.82) is 0 Å². The van der Waals surface area contributed by atoms with Crippen LogP contribution in [0.4, 0.5) is 5.69 Å². The number of nitrogens with zero attached hydrogens (tertiary/aromatic N) is 1. The molecule has 0 bridgehead atoms. The molecule has 23 heavy (non-hydrogen) atoms. The minimum absolute atomic E-state index is 0.646. The normalized spacial score (nSPS) is 10.1. The molecule has 0 aliphatic rings. The zero-order valence-electron chi connectivity index (χ0n) is 13.3. The Labute approximate surface area is 146 Å². The number of thiol groups is 1. The molecule has 5 heteroatoms. The van der Waals surface area contributed by atoms with Gasteiger partial charge in [0, 0.05) is 35.6 Å². The number of hydrogen-bond acceptors (Lipinski definition) is 3. The Morgan fingerprint density at radius 3 is 2.39 bits per heavy atom. The van der Waals surface area contributed by atoms with Crippen molar-refractivity contribution < 1.29 is 4.79 Å². The van der Waals surface area contributed by atoms with Crippen LogP contribution in [0.5, 0.6) is 0 Å². The average molecular weight is 347 g/mol. The first-order chi connectivity index (χ1) is 11.0. The number of benzene rings is 2. The number of carbonyl (C=O) groups is 1. The minimum Gasteiger partial charge on any atom is -0.388 e. The van der Waals surface area contributed by atoms with Crippen molar-refractivity contribution in [3.05, 3.63) is 58.7 Å². The number of hydrogen-bond donors (Lipinski definition) is 2. The van der Waals surface area contributed by atoms with Gasteiger partial charge in [0.1, 0.15) is 0 Å². The van der Waals surface area contributed by atoms with Gasteiger partial charge in [0.25, 0.3) is 0 Å². The molecule has 3 rings (SSSR count). The standard InChI is InChI=1S/C11H10ClNO.C7H9NS/c1-7-3-4-10-9(11(7)12)5-8(6-14)13(10)2;1-8-6-2-4-7(9)5-3-6/h3-6H,1-2H3;2-5,8-9H,1H3. The number of rotatable bonds is 2. The van der Waals surface area contributed by atoms with E-state index in [9.17, 15) is 4.79 Å². The highest BCUT2D eigenvalue weighted by molar-refractivity contribution is 7.80. The fourth-order valence-corrected chi connectivity index (χ4v) is 2.61. The fourth-order valence-electron chi connectivity index (χ4n) is 2.25. The van der Waals surface area contributed by atoms with Crippen molar-refractivity contribution in [3.8, 4) is 0 Å². The molecule has 0 spiro atoms. The van der Waals surface area contributed by atoms with Crippen LogP contribution in [0, 0.1) is 6.92 Å². The van der Waals surface area contributed by atoms with E-state index < -0.39 is 0 Å². The molecule has 0 fully saturated rings. The second kappa shape index (κ2) is 7.57. The summed E-state index contributed by atoms with van der Waals surface area (Å²) in [6.45, 7) is 1.95. The molecule has 1 N–H and O–H groups in total. The van der Waals surface area contributed by atoms with Crippen LogP contribution in [0.2, 0.25) is 5.02 Å². The molecule has 3 aromatic rings. The number of carbonyl (C=O) groups excluding carboxylic acids is 1. The first-order valence-corrected chi connectivity index (χ1v) is 7.97. The van der Waals surface area contributed by atoms with Crippen LogP contribution in [0.15, 0.2) is 47.4 Å². The van der Waals surface area contributed by atoms with Gasteiger partial charge in [-0.3, -0.25) is 4.79 Å². The molecule has 0 radical (unpaired) electrons. The van der Waals surface area contributed by atoms with Crippen LogP contribution >= 0.6 is 24.2 Å². The predicted molar refractivity (Wildman–Crippen MR) is 101 cm³/mol. The molecule has 0 saturated carbocycles. The highest BCUT2D eigenvalue weighted by Gasteiger charge is 2.08. The molecule has 2 aromatic carbocycles. The Bertz CT molecular complexity index is 825. The topological polar surface area (TPSA) is 34.0 Å². The number of fused-ring (bicyclic) bond motifs is 1. The first kappa shape index (κ1) is 17.4. The van der Waals surface area contributed by atoms with Crippen molar-refractivity contribution in [2.24, 2.45) is 7.05 Å². The van der Waals surface area contributed by atoms with Crippen LogP contribution in [0.25, 0.3) is 10.9 Å². The van der Waals surface area contributed by atoms with E-state index in [1.807, 2.05) is 68.1 Å². The predicted octanol–water partition coefficient (Wildman–Crippen LogP) is 4.97. The smallest absolute Gasteiger partial charge is 0.166 e. The Kier molecular flexibility index (Phi) is 5.74. The number of aryl methyl sites for hydroxylation is 2. The lowest BCUT2D eigenvalue weighted by molar-refractivity contribution is 0.111. The molecule has 120 valence electrons. The molecule has 0 saturated heterocycles. The van der Waals surface area contributed by atoms with Gasteiger partial charge in [0.2, 0.25) is 0 Å². The zero-order valence-corrected chi connectivity index (χ0v) is 14.9. The van der Waals surface area contributed by atoms with Crippen LogP contribution < -0.4 is 5.32 Å². The van der Waals surface area contributed by atoms with Gasteiger partial charge < -0.3 is 9.88 Å². The van der Waals surface area contributed by atoms with Crippen LogP contribution in [-0.4, -0.2) is 17.9 Å². The maximum atomic E-state index is 10.7. The number of anilines is 1. The molecule has 0 aliphatic heterocycles. The third kappa shape index (κ3) is 3.89. The van der Waals surface area contributed by atoms with Gasteiger partial charge in [-0.2, -0.15) is 0 Å². The molecular weight excluding hydrogens is 328 g/mol. The minimum atomic E-state index is 0.646. The Morgan fingerprint density at radius 2 is 1.83 bits per heavy atom. The van der Waals surface area contributed by atoms with Crippen molar-refractivity contribution in [2.75, 3.05) is 12.4 Å². The summed E-state index contributed by atoms with van der Waals surface area (Å²) in [7, 11) is 3.76. The number of aromatic nitrogens is 1. The van der Waals surface area contributed by atoms with Gasteiger partial charge in [-0.15, -0.1) is 12.6 Å². The van der Waals surface area contributed by atoms with Crippen LogP contribution in [0.1, 0.15) is 16.1 Å². The van der Waals surface area contributed by atoms with E-state index in [0.29, 0.717) is 5.69 Å². The van der Waals surface area contributed by atoms with E-state index in [1.165, 1.54) is 0 Å². The lowest BCUT2D eigenvalue weighted by Crippen LogP contribution is -1.92. The second-order valence-corrected chi connectivity index (χ2v) is 6.07. The second-order valence-electron chi connectivity index (χ2n) is 5.17. The monoisotopic (exact) mass is 346 g/mol. The summed E-state index contributed by atoms with van der Waals surface area (Å²) in [6.07, 6.45) is 0.839. The molecule has 1 aromatic heterocycles. The van der Waals surface area contributed by atoms with E-state index >= 15 is 0 Å². The molecule has 3 nitrogen and oxygen atoms in total. The summed E-state index contributed by atoms with van der Waals surface area (Å²) in [4.78, 5) is 11.7. The number of aldehydes is 1. The van der Waals surface area contributed by atoms with Crippen molar-refractivity contribution in [3.63, 3.8) is 0 Å². The maximum absolute atomic E-state index is 10.7. The molecular formula is C18H19ClN2OS. The summed E-state index contributed by atoms with van der Waals surface area (Å²) < 4.78 is 1.84. The third-order valence-electron chi connectivity index (χ3n) is 3.67. The number of halogens is 1. The molecule has 0 aliphatic carbocycles. The van der Waals surface area contributed by atoms with E-state index in [0.717, 1.165) is 38.4 Å². The highest BCUT2D eigenvalue weighted by atomic mass is 35.5.